The van der Waals surface area contributed by atoms with E-state index in [2.05, 4.69) is 10.2 Å². The molecule has 0 radical (unpaired) electrons. The summed E-state index contributed by atoms with van der Waals surface area (Å²) in [5.74, 6) is -0.0709. The smallest absolute Gasteiger partial charge is 0.327 e. The van der Waals surface area contributed by atoms with Gasteiger partial charge in [0.25, 0.3) is 0 Å². The molecule has 0 aliphatic rings. The first-order valence-corrected chi connectivity index (χ1v) is 6.05. The molecule has 6 nitrogen and oxygen atoms in total. The van der Waals surface area contributed by atoms with Crippen LogP contribution < -0.4 is 0 Å². The van der Waals surface area contributed by atoms with Crippen LogP contribution in [0.15, 0.2) is 5.16 Å². The van der Waals surface area contributed by atoms with E-state index in [9.17, 15) is 9.59 Å². The van der Waals surface area contributed by atoms with E-state index in [0.717, 1.165) is 17.6 Å². The van der Waals surface area contributed by atoms with Crippen molar-refractivity contribution in [2.24, 2.45) is 7.05 Å². The number of carbonyl (C=O) groups is 2. The van der Waals surface area contributed by atoms with Crippen LogP contribution in [0.2, 0.25) is 0 Å². The van der Waals surface area contributed by atoms with Crippen molar-refractivity contribution in [2.75, 3.05) is 6.61 Å². The zero-order valence-electron chi connectivity index (χ0n) is 10.3. The maximum Gasteiger partial charge on any atom is 0.327 e. The predicted octanol–water partition coefficient (Wildman–Crippen LogP) is 0.736. The average Bonchev–Trinajstić information content (AvgIpc) is 2.56. The fourth-order valence-electron chi connectivity index (χ4n) is 1.11. The molecule has 1 atom stereocenters. The number of ether oxygens (including phenoxy) is 1. The van der Waals surface area contributed by atoms with Gasteiger partial charge in [0.1, 0.15) is 5.82 Å². The second-order valence-electron chi connectivity index (χ2n) is 3.45. The first-order valence-electron chi connectivity index (χ1n) is 5.17. The summed E-state index contributed by atoms with van der Waals surface area (Å²) in [5, 5.41) is 7.40. The Labute approximate surface area is 104 Å². The molecule has 0 aliphatic heterocycles. The van der Waals surface area contributed by atoms with Crippen LogP contribution in [0.3, 0.4) is 0 Å². The molecule has 0 aliphatic carbocycles. The Morgan fingerprint density at radius 2 is 2.12 bits per heavy atom. The number of carbonyl (C=O) groups excluding carboxylic acids is 2. The van der Waals surface area contributed by atoms with Crippen LogP contribution in [-0.4, -0.2) is 38.4 Å². The van der Waals surface area contributed by atoms with Crippen molar-refractivity contribution in [3.05, 3.63) is 5.82 Å². The van der Waals surface area contributed by atoms with Gasteiger partial charge >= 0.3 is 5.97 Å². The number of hydrogen-bond acceptors (Lipinski definition) is 6. The van der Waals surface area contributed by atoms with Crippen LogP contribution in [0.4, 0.5) is 0 Å². The normalized spacial score (nSPS) is 12.2. The minimum absolute atomic E-state index is 0.251. The molecule has 0 bridgehead atoms. The number of ketones is 1. The van der Waals surface area contributed by atoms with E-state index < -0.39 is 11.2 Å². The first-order chi connectivity index (χ1) is 7.97. The van der Waals surface area contributed by atoms with E-state index in [1.165, 1.54) is 6.92 Å². The third-order valence-electron chi connectivity index (χ3n) is 2.15. The SMILES string of the molecule is CCOC(=O)C(Sc1nnc(C)n1C)C(C)=O. The van der Waals surface area contributed by atoms with Gasteiger partial charge in [-0.15, -0.1) is 10.2 Å². The van der Waals surface area contributed by atoms with E-state index in [1.807, 2.05) is 0 Å². The van der Waals surface area contributed by atoms with Gasteiger partial charge in [-0.2, -0.15) is 0 Å². The lowest BCUT2D eigenvalue weighted by atomic mass is 10.3. The molecule has 0 spiro atoms. The van der Waals surface area contributed by atoms with Crippen LogP contribution in [-0.2, 0) is 21.4 Å². The van der Waals surface area contributed by atoms with Crippen LogP contribution >= 0.6 is 11.8 Å². The molecule has 0 fully saturated rings. The minimum Gasteiger partial charge on any atom is -0.465 e. The number of thioether (sulfide) groups is 1. The Kier molecular flexibility index (Phi) is 4.68. The summed E-state index contributed by atoms with van der Waals surface area (Å²) in [4.78, 5) is 23.0. The molecule has 1 heterocycles. The molecule has 0 saturated heterocycles. The van der Waals surface area contributed by atoms with Crippen LogP contribution in [0, 0.1) is 6.92 Å². The van der Waals surface area contributed by atoms with E-state index in [4.69, 9.17) is 4.74 Å². The molecule has 7 heteroatoms. The highest BCUT2D eigenvalue weighted by Gasteiger charge is 2.28. The fraction of sp³-hybridized carbons (Fsp3) is 0.600. The monoisotopic (exact) mass is 257 g/mol. The molecule has 1 unspecified atom stereocenters. The summed E-state index contributed by atoms with van der Waals surface area (Å²) in [7, 11) is 1.78. The van der Waals surface area contributed by atoms with E-state index in [1.54, 1.807) is 25.5 Å². The maximum absolute atomic E-state index is 11.6. The standard InChI is InChI=1S/C10H15N3O3S/c1-5-16-9(15)8(6(2)14)17-10-12-11-7(3)13(10)4/h8H,5H2,1-4H3. The lowest BCUT2D eigenvalue weighted by Crippen LogP contribution is -2.27. The molecule has 94 valence electrons. The van der Waals surface area contributed by atoms with Crippen molar-refractivity contribution >= 4 is 23.5 Å². The molecule has 1 aromatic rings. The number of aromatic nitrogens is 3. The van der Waals surface area contributed by atoms with Gasteiger partial charge in [0.2, 0.25) is 0 Å². The Morgan fingerprint density at radius 3 is 2.53 bits per heavy atom. The zero-order chi connectivity index (χ0) is 13.0. The zero-order valence-corrected chi connectivity index (χ0v) is 11.1. The minimum atomic E-state index is -0.878. The van der Waals surface area contributed by atoms with Gasteiger partial charge in [0.15, 0.2) is 16.2 Å². The molecule has 0 amide bonds. The molecule has 1 rings (SSSR count). The second kappa shape index (κ2) is 5.81. The van der Waals surface area contributed by atoms with Crippen molar-refractivity contribution in [3.63, 3.8) is 0 Å². The maximum atomic E-state index is 11.6. The van der Waals surface area contributed by atoms with Crippen LogP contribution in [0.1, 0.15) is 19.7 Å². The molecule has 0 N–H and O–H groups in total. The summed E-state index contributed by atoms with van der Waals surface area (Å²) in [6.45, 7) is 5.11. The van der Waals surface area contributed by atoms with Gasteiger partial charge < -0.3 is 9.30 Å². The van der Waals surface area contributed by atoms with Crippen molar-refractivity contribution in [3.8, 4) is 0 Å². The third-order valence-corrected chi connectivity index (χ3v) is 3.47. The van der Waals surface area contributed by atoms with Gasteiger partial charge in [0.05, 0.1) is 6.61 Å². The Hall–Kier alpha value is -1.37. The van der Waals surface area contributed by atoms with Crippen LogP contribution in [0.5, 0.6) is 0 Å². The highest BCUT2D eigenvalue weighted by atomic mass is 32.2. The average molecular weight is 257 g/mol. The van der Waals surface area contributed by atoms with Crippen molar-refractivity contribution in [1.29, 1.82) is 0 Å². The van der Waals surface area contributed by atoms with Gasteiger partial charge in [-0.3, -0.25) is 9.59 Å². The summed E-state index contributed by atoms with van der Waals surface area (Å²) in [5.41, 5.74) is 0. The fourth-order valence-corrected chi connectivity index (χ4v) is 2.03. The molecule has 0 aromatic carbocycles. The third kappa shape index (κ3) is 3.29. The quantitative estimate of drug-likeness (QED) is 0.440. The summed E-state index contributed by atoms with van der Waals surface area (Å²) in [6.07, 6.45) is 0. The predicted molar refractivity (Wildman–Crippen MR) is 62.7 cm³/mol. The van der Waals surface area contributed by atoms with Gasteiger partial charge in [-0.1, -0.05) is 11.8 Å². The first kappa shape index (κ1) is 13.7. The number of hydrogen-bond donors (Lipinski definition) is 0. The molecular formula is C10H15N3O3S. The van der Waals surface area contributed by atoms with Crippen molar-refractivity contribution in [2.45, 2.75) is 31.2 Å². The Balaban J connectivity index is 2.84. The van der Waals surface area contributed by atoms with Crippen molar-refractivity contribution < 1.29 is 14.3 Å². The molecule has 0 saturated carbocycles. The summed E-state index contributed by atoms with van der Waals surface area (Å²) >= 11 is 1.06. The summed E-state index contributed by atoms with van der Waals surface area (Å²) < 4.78 is 6.57. The highest BCUT2D eigenvalue weighted by Crippen LogP contribution is 2.23. The topological polar surface area (TPSA) is 74.1 Å². The van der Waals surface area contributed by atoms with Gasteiger partial charge in [-0.05, 0) is 20.8 Å². The van der Waals surface area contributed by atoms with Crippen molar-refractivity contribution in [1.82, 2.24) is 14.8 Å². The number of Topliss-reactive ketones (excluding diaryl/α,β-unsaturated/α-hetero) is 1. The Bertz CT molecular complexity index is 430. The van der Waals surface area contributed by atoms with Crippen LogP contribution in [0.25, 0.3) is 0 Å². The lowest BCUT2D eigenvalue weighted by Gasteiger charge is -2.11. The number of nitrogens with zero attached hydrogens (tertiary/aromatic N) is 3. The molecule has 17 heavy (non-hydrogen) atoms. The highest BCUT2D eigenvalue weighted by molar-refractivity contribution is 8.01. The van der Waals surface area contributed by atoms with E-state index in [0.29, 0.717) is 5.16 Å². The number of esters is 1. The lowest BCUT2D eigenvalue weighted by molar-refractivity contribution is -0.144. The molecule has 1 aromatic heterocycles. The largest absolute Gasteiger partial charge is 0.465 e. The molecular weight excluding hydrogens is 242 g/mol. The number of aryl methyl sites for hydroxylation is 1. The van der Waals surface area contributed by atoms with Gasteiger partial charge in [-0.25, -0.2) is 0 Å². The number of rotatable bonds is 5. The second-order valence-corrected chi connectivity index (χ2v) is 4.52. The summed E-state index contributed by atoms with van der Waals surface area (Å²) in [6, 6.07) is 0. The van der Waals surface area contributed by atoms with E-state index in [-0.39, 0.29) is 12.4 Å². The Morgan fingerprint density at radius 1 is 1.47 bits per heavy atom. The van der Waals surface area contributed by atoms with Gasteiger partial charge in [0, 0.05) is 7.05 Å². The van der Waals surface area contributed by atoms with E-state index >= 15 is 0 Å².